The number of rotatable bonds is 11. The van der Waals surface area contributed by atoms with Crippen LogP contribution in [0.25, 0.3) is 0 Å². The van der Waals surface area contributed by atoms with E-state index in [1.807, 2.05) is 42.5 Å². The predicted octanol–water partition coefficient (Wildman–Crippen LogP) is 4.59. The molecular weight excluding hydrogens is 398 g/mol. The third-order valence-corrected chi connectivity index (χ3v) is 6.72. The Morgan fingerprint density at radius 1 is 0.906 bits per heavy atom. The van der Waals surface area contributed by atoms with Crippen LogP contribution in [0.1, 0.15) is 32.3 Å². The molecule has 2 aromatic rings. The smallest absolute Gasteiger partial charge is 0.119 e. The van der Waals surface area contributed by atoms with Crippen LogP contribution in [0.5, 0.6) is 11.5 Å². The van der Waals surface area contributed by atoms with Crippen molar-refractivity contribution in [2.75, 3.05) is 53.0 Å². The minimum atomic E-state index is -0.401. The lowest BCUT2D eigenvalue weighted by Gasteiger charge is -2.36. The molecule has 1 saturated heterocycles. The summed E-state index contributed by atoms with van der Waals surface area (Å²) in [5.41, 5.74) is 0.751. The Balaban J connectivity index is 1.38. The molecule has 1 unspecified atom stereocenters. The van der Waals surface area contributed by atoms with Crippen molar-refractivity contribution >= 4 is 0 Å². The van der Waals surface area contributed by atoms with E-state index in [1.54, 1.807) is 7.11 Å². The highest BCUT2D eigenvalue weighted by atomic mass is 16.5. The highest BCUT2D eigenvalue weighted by Gasteiger charge is 2.35. The highest BCUT2D eigenvalue weighted by molar-refractivity contribution is 5.33. The Hall–Kier alpha value is -2.55. The van der Waals surface area contributed by atoms with Gasteiger partial charge in [0.2, 0.25) is 0 Å². The Morgan fingerprint density at radius 3 is 2.06 bits per heavy atom. The van der Waals surface area contributed by atoms with E-state index in [9.17, 15) is 5.26 Å². The van der Waals surface area contributed by atoms with E-state index in [1.165, 1.54) is 0 Å². The number of hydrogen-bond acceptors (Lipinski definition) is 5. The van der Waals surface area contributed by atoms with Crippen LogP contribution in [0.3, 0.4) is 0 Å². The van der Waals surface area contributed by atoms with Crippen molar-refractivity contribution in [3.05, 3.63) is 60.2 Å². The SMILES string of the molecule is COc1ccc(OCCN2CCN(CCCC(C#N)(c3ccccc3)C(C)C)CC2)cc1. The summed E-state index contributed by atoms with van der Waals surface area (Å²) >= 11 is 0. The number of nitriles is 1. The van der Waals surface area contributed by atoms with Gasteiger partial charge in [-0.15, -0.1) is 0 Å². The second-order valence-electron chi connectivity index (χ2n) is 8.91. The van der Waals surface area contributed by atoms with E-state index >= 15 is 0 Å². The van der Waals surface area contributed by atoms with Crippen LogP contribution in [0.15, 0.2) is 54.6 Å². The molecule has 3 rings (SSSR count). The number of methoxy groups -OCH3 is 1. The maximum absolute atomic E-state index is 10.1. The number of hydrogen-bond donors (Lipinski definition) is 0. The summed E-state index contributed by atoms with van der Waals surface area (Å²) < 4.78 is 11.1. The van der Waals surface area contributed by atoms with Crippen LogP contribution >= 0.6 is 0 Å². The lowest BCUT2D eigenvalue weighted by Crippen LogP contribution is -2.47. The molecule has 0 radical (unpaired) electrons. The number of nitrogens with zero attached hydrogens (tertiary/aromatic N) is 3. The number of benzene rings is 2. The normalized spacial score (nSPS) is 17.0. The van der Waals surface area contributed by atoms with Crippen LogP contribution in [0.4, 0.5) is 0 Å². The molecule has 5 heteroatoms. The van der Waals surface area contributed by atoms with Crippen molar-refractivity contribution < 1.29 is 9.47 Å². The molecule has 0 aromatic heterocycles. The number of piperazine rings is 1. The van der Waals surface area contributed by atoms with Gasteiger partial charge in [-0.3, -0.25) is 4.90 Å². The van der Waals surface area contributed by atoms with Gasteiger partial charge < -0.3 is 14.4 Å². The van der Waals surface area contributed by atoms with Gasteiger partial charge in [0.15, 0.2) is 0 Å². The first-order valence-electron chi connectivity index (χ1n) is 11.8. The standard InChI is InChI=1S/C27H37N3O2/c1-23(2)27(22-28,24-8-5-4-6-9-24)14-7-15-29-16-18-30(19-17-29)20-21-32-26-12-10-25(31-3)11-13-26/h4-6,8-13,23H,7,14-21H2,1-3H3. The average Bonchev–Trinajstić information content (AvgIpc) is 2.84. The topological polar surface area (TPSA) is 48.7 Å². The molecule has 0 amide bonds. The zero-order chi connectivity index (χ0) is 22.8. The van der Waals surface area contributed by atoms with Gasteiger partial charge in [-0.05, 0) is 55.1 Å². The molecule has 1 aliphatic heterocycles. The van der Waals surface area contributed by atoms with Crippen molar-refractivity contribution in [1.29, 1.82) is 5.26 Å². The van der Waals surface area contributed by atoms with Gasteiger partial charge in [-0.2, -0.15) is 5.26 Å². The maximum atomic E-state index is 10.1. The summed E-state index contributed by atoms with van der Waals surface area (Å²) in [5, 5.41) is 10.1. The van der Waals surface area contributed by atoms with Crippen LogP contribution in [-0.2, 0) is 5.41 Å². The van der Waals surface area contributed by atoms with Gasteiger partial charge in [-0.25, -0.2) is 0 Å². The molecule has 0 spiro atoms. The molecule has 5 nitrogen and oxygen atoms in total. The molecule has 0 bridgehead atoms. The van der Waals surface area contributed by atoms with Crippen LogP contribution < -0.4 is 9.47 Å². The van der Waals surface area contributed by atoms with Crippen molar-refractivity contribution in [3.63, 3.8) is 0 Å². The Bertz CT molecular complexity index is 839. The van der Waals surface area contributed by atoms with E-state index in [-0.39, 0.29) is 5.92 Å². The predicted molar refractivity (Wildman–Crippen MR) is 129 cm³/mol. The van der Waals surface area contributed by atoms with Crippen molar-refractivity contribution in [2.24, 2.45) is 5.92 Å². The second-order valence-corrected chi connectivity index (χ2v) is 8.91. The van der Waals surface area contributed by atoms with Crippen LogP contribution in [0.2, 0.25) is 0 Å². The van der Waals surface area contributed by atoms with E-state index in [0.29, 0.717) is 6.61 Å². The van der Waals surface area contributed by atoms with Crippen LogP contribution in [0, 0.1) is 17.2 Å². The van der Waals surface area contributed by atoms with Gasteiger partial charge in [0.25, 0.3) is 0 Å². The molecule has 0 N–H and O–H groups in total. The highest BCUT2D eigenvalue weighted by Crippen LogP contribution is 2.36. The van der Waals surface area contributed by atoms with E-state index in [2.05, 4.69) is 41.8 Å². The molecule has 1 atom stereocenters. The van der Waals surface area contributed by atoms with Gasteiger partial charge in [-0.1, -0.05) is 44.2 Å². The van der Waals surface area contributed by atoms with E-state index < -0.39 is 5.41 Å². The molecule has 0 aliphatic carbocycles. The summed E-state index contributed by atoms with van der Waals surface area (Å²) in [7, 11) is 1.67. The third kappa shape index (κ3) is 6.25. The number of ether oxygens (including phenoxy) is 2. The summed E-state index contributed by atoms with van der Waals surface area (Å²) in [6.07, 6.45) is 1.95. The average molecular weight is 436 g/mol. The zero-order valence-electron chi connectivity index (χ0n) is 19.8. The summed E-state index contributed by atoms with van der Waals surface area (Å²) in [6.45, 7) is 11.3. The Labute approximate surface area is 193 Å². The lowest BCUT2D eigenvalue weighted by atomic mass is 9.70. The second kappa shape index (κ2) is 11.9. The minimum Gasteiger partial charge on any atom is -0.497 e. The Kier molecular flexibility index (Phi) is 8.96. The van der Waals surface area contributed by atoms with Crippen molar-refractivity contribution in [1.82, 2.24) is 9.80 Å². The zero-order valence-corrected chi connectivity index (χ0v) is 19.8. The summed E-state index contributed by atoms with van der Waals surface area (Å²) in [5.74, 6) is 2.02. The third-order valence-electron chi connectivity index (χ3n) is 6.72. The van der Waals surface area contributed by atoms with E-state index in [0.717, 1.165) is 69.2 Å². The molecule has 32 heavy (non-hydrogen) atoms. The molecule has 1 aliphatic rings. The lowest BCUT2D eigenvalue weighted by molar-refractivity contribution is 0.114. The quantitative estimate of drug-likeness (QED) is 0.517. The fraction of sp³-hybridized carbons (Fsp3) is 0.519. The van der Waals surface area contributed by atoms with Crippen LogP contribution in [-0.4, -0.2) is 62.8 Å². The fourth-order valence-electron chi connectivity index (χ4n) is 4.53. The monoisotopic (exact) mass is 435 g/mol. The molecule has 172 valence electrons. The first-order valence-corrected chi connectivity index (χ1v) is 11.8. The van der Waals surface area contributed by atoms with E-state index in [4.69, 9.17) is 9.47 Å². The molecule has 1 heterocycles. The molecular formula is C27H37N3O2. The fourth-order valence-corrected chi connectivity index (χ4v) is 4.53. The summed E-state index contributed by atoms with van der Waals surface area (Å²) in [4.78, 5) is 5.01. The maximum Gasteiger partial charge on any atom is 0.119 e. The van der Waals surface area contributed by atoms with Gasteiger partial charge in [0, 0.05) is 32.7 Å². The largest absolute Gasteiger partial charge is 0.497 e. The summed E-state index contributed by atoms with van der Waals surface area (Å²) in [6, 6.07) is 20.7. The first-order chi connectivity index (χ1) is 15.6. The van der Waals surface area contributed by atoms with Crippen molar-refractivity contribution in [3.8, 4) is 17.6 Å². The first kappa shape index (κ1) is 24.1. The molecule has 2 aromatic carbocycles. The molecule has 1 fully saturated rings. The van der Waals surface area contributed by atoms with Gasteiger partial charge in [0.05, 0.1) is 18.6 Å². The minimum absolute atomic E-state index is 0.289. The van der Waals surface area contributed by atoms with Gasteiger partial charge >= 0.3 is 0 Å². The van der Waals surface area contributed by atoms with Gasteiger partial charge in [0.1, 0.15) is 18.1 Å². The molecule has 0 saturated carbocycles. The Morgan fingerprint density at radius 2 is 1.50 bits per heavy atom. The van der Waals surface area contributed by atoms with Crippen molar-refractivity contribution in [2.45, 2.75) is 32.1 Å².